The van der Waals surface area contributed by atoms with Crippen LogP contribution in [0.25, 0.3) is 6.08 Å². The summed E-state index contributed by atoms with van der Waals surface area (Å²) in [6.07, 6.45) is 2.99. The van der Waals surface area contributed by atoms with E-state index in [1.54, 1.807) is 31.2 Å². The van der Waals surface area contributed by atoms with Gasteiger partial charge in [-0.05, 0) is 55.3 Å². The van der Waals surface area contributed by atoms with E-state index in [0.29, 0.717) is 34.3 Å². The highest BCUT2D eigenvalue weighted by Gasteiger charge is 2.12. The van der Waals surface area contributed by atoms with Crippen molar-refractivity contribution >= 4 is 23.6 Å². The molecule has 0 aromatic heterocycles. The molecule has 1 amide bonds. The molecule has 0 radical (unpaired) electrons. The minimum absolute atomic E-state index is 0.156. The summed E-state index contributed by atoms with van der Waals surface area (Å²) < 4.78 is 29.5. The predicted molar refractivity (Wildman–Crippen MR) is 108 cm³/mol. The van der Waals surface area contributed by atoms with E-state index < -0.39 is 5.82 Å². The van der Waals surface area contributed by atoms with Gasteiger partial charge in [0.05, 0.1) is 31.9 Å². The van der Waals surface area contributed by atoms with Crippen LogP contribution in [0.3, 0.4) is 0 Å². The number of carbonyl (C=O) groups excluding carboxylic acids is 1. The third-order valence-corrected chi connectivity index (χ3v) is 4.28. The number of carbonyl (C=O) groups is 1. The average molecular weight is 408 g/mol. The Balaban J connectivity index is 2.09. The van der Waals surface area contributed by atoms with E-state index in [2.05, 4.69) is 5.32 Å². The molecule has 2 rings (SSSR count). The summed E-state index contributed by atoms with van der Waals surface area (Å²) >= 11 is 6.23. The Morgan fingerprint density at radius 3 is 2.54 bits per heavy atom. The standard InChI is InChI=1S/C21H23ClFNO4/c1-5-28-21-16(22)10-14(11-19(21)27-4)6-9-20(25)24-13(2)15-7-8-18(26-3)17(23)12-15/h6-13H,5H2,1-4H3,(H,24,25)/b9-6+/t13-/m1/s1. The van der Waals surface area contributed by atoms with Gasteiger partial charge in [0.15, 0.2) is 23.1 Å². The lowest BCUT2D eigenvalue weighted by Gasteiger charge is -2.14. The van der Waals surface area contributed by atoms with Crippen molar-refractivity contribution in [1.29, 1.82) is 0 Å². The lowest BCUT2D eigenvalue weighted by Crippen LogP contribution is -2.24. The van der Waals surface area contributed by atoms with Gasteiger partial charge in [-0.15, -0.1) is 0 Å². The van der Waals surface area contributed by atoms with Crippen molar-refractivity contribution in [1.82, 2.24) is 5.32 Å². The highest BCUT2D eigenvalue weighted by molar-refractivity contribution is 6.32. The second-order valence-electron chi connectivity index (χ2n) is 5.92. The van der Waals surface area contributed by atoms with Crippen molar-refractivity contribution < 1.29 is 23.4 Å². The molecule has 150 valence electrons. The highest BCUT2D eigenvalue weighted by atomic mass is 35.5. The molecule has 1 atom stereocenters. The van der Waals surface area contributed by atoms with Crippen LogP contribution in [0.5, 0.6) is 17.2 Å². The maximum absolute atomic E-state index is 13.8. The number of benzene rings is 2. The Morgan fingerprint density at radius 2 is 1.93 bits per heavy atom. The Labute approximate surface area is 169 Å². The van der Waals surface area contributed by atoms with Crippen LogP contribution in [0.4, 0.5) is 4.39 Å². The number of methoxy groups -OCH3 is 2. The van der Waals surface area contributed by atoms with E-state index in [0.717, 1.165) is 0 Å². The largest absolute Gasteiger partial charge is 0.494 e. The van der Waals surface area contributed by atoms with Crippen LogP contribution in [0.2, 0.25) is 5.02 Å². The molecule has 7 heteroatoms. The normalized spacial score (nSPS) is 11.9. The van der Waals surface area contributed by atoms with E-state index >= 15 is 0 Å². The van der Waals surface area contributed by atoms with Crippen molar-refractivity contribution in [2.24, 2.45) is 0 Å². The summed E-state index contributed by atoms with van der Waals surface area (Å²) in [6.45, 7) is 4.07. The summed E-state index contributed by atoms with van der Waals surface area (Å²) in [5, 5.41) is 3.18. The number of rotatable bonds is 8. The molecule has 5 nitrogen and oxygen atoms in total. The van der Waals surface area contributed by atoms with Crippen molar-refractivity contribution in [3.05, 3.63) is 58.4 Å². The van der Waals surface area contributed by atoms with Crippen LogP contribution in [0.15, 0.2) is 36.4 Å². The van der Waals surface area contributed by atoms with E-state index in [4.69, 9.17) is 25.8 Å². The fourth-order valence-electron chi connectivity index (χ4n) is 2.59. The number of hydrogen-bond donors (Lipinski definition) is 1. The molecule has 0 unspecified atom stereocenters. The lowest BCUT2D eigenvalue weighted by molar-refractivity contribution is -0.117. The Bertz CT molecular complexity index is 870. The van der Waals surface area contributed by atoms with Crippen molar-refractivity contribution in [2.45, 2.75) is 19.9 Å². The molecule has 0 aliphatic rings. The van der Waals surface area contributed by atoms with Gasteiger partial charge in [0.2, 0.25) is 5.91 Å². The molecule has 0 spiro atoms. The molecular formula is C21H23ClFNO4. The summed E-state index contributed by atoms with van der Waals surface area (Å²) in [4.78, 5) is 12.2. The molecule has 28 heavy (non-hydrogen) atoms. The zero-order valence-electron chi connectivity index (χ0n) is 16.2. The van der Waals surface area contributed by atoms with Gasteiger partial charge >= 0.3 is 0 Å². The molecule has 2 aromatic carbocycles. The summed E-state index contributed by atoms with van der Waals surface area (Å²) in [7, 11) is 2.92. The van der Waals surface area contributed by atoms with Crippen molar-refractivity contribution in [3.63, 3.8) is 0 Å². The van der Waals surface area contributed by atoms with Crippen LogP contribution < -0.4 is 19.5 Å². The number of amides is 1. The van der Waals surface area contributed by atoms with E-state index in [1.807, 2.05) is 6.92 Å². The van der Waals surface area contributed by atoms with Crippen LogP contribution in [-0.4, -0.2) is 26.7 Å². The molecule has 2 aromatic rings. The first kappa shape index (κ1) is 21.6. The molecule has 0 bridgehead atoms. The number of hydrogen-bond acceptors (Lipinski definition) is 4. The average Bonchev–Trinajstić information content (AvgIpc) is 2.67. The van der Waals surface area contributed by atoms with Gasteiger partial charge in [-0.1, -0.05) is 17.7 Å². The number of halogens is 2. The predicted octanol–water partition coefficient (Wildman–Crippen LogP) is 4.79. The van der Waals surface area contributed by atoms with Gasteiger partial charge in [0.25, 0.3) is 0 Å². The third kappa shape index (κ3) is 5.39. The molecule has 0 saturated heterocycles. The lowest BCUT2D eigenvalue weighted by atomic mass is 10.1. The number of nitrogens with one attached hydrogen (secondary N) is 1. The van der Waals surface area contributed by atoms with Gasteiger partial charge in [-0.3, -0.25) is 4.79 Å². The van der Waals surface area contributed by atoms with E-state index in [-0.39, 0.29) is 17.7 Å². The molecule has 0 heterocycles. The van der Waals surface area contributed by atoms with Gasteiger partial charge in [0, 0.05) is 6.08 Å². The molecule has 0 aliphatic heterocycles. The first-order valence-electron chi connectivity index (χ1n) is 8.71. The number of ether oxygens (including phenoxy) is 3. The van der Waals surface area contributed by atoms with Crippen LogP contribution in [0, 0.1) is 5.82 Å². The van der Waals surface area contributed by atoms with E-state index in [9.17, 15) is 9.18 Å². The Morgan fingerprint density at radius 1 is 1.21 bits per heavy atom. The van der Waals surface area contributed by atoms with Crippen LogP contribution >= 0.6 is 11.6 Å². The van der Waals surface area contributed by atoms with Gasteiger partial charge in [-0.2, -0.15) is 0 Å². The van der Waals surface area contributed by atoms with Gasteiger partial charge in [0.1, 0.15) is 0 Å². The van der Waals surface area contributed by atoms with Gasteiger partial charge in [-0.25, -0.2) is 4.39 Å². The molecule has 0 aliphatic carbocycles. The maximum atomic E-state index is 13.8. The Kier molecular flexibility index (Phi) is 7.70. The zero-order valence-corrected chi connectivity index (χ0v) is 17.0. The van der Waals surface area contributed by atoms with Crippen molar-refractivity contribution in [2.75, 3.05) is 20.8 Å². The maximum Gasteiger partial charge on any atom is 0.244 e. The van der Waals surface area contributed by atoms with Crippen LogP contribution in [-0.2, 0) is 4.79 Å². The molecule has 1 N–H and O–H groups in total. The fraction of sp³-hybridized carbons (Fsp3) is 0.286. The SMILES string of the molecule is CCOc1c(Cl)cc(/C=C/C(=O)N[C@H](C)c2ccc(OC)c(F)c2)cc1OC. The monoisotopic (exact) mass is 407 g/mol. The van der Waals surface area contributed by atoms with Crippen LogP contribution in [0.1, 0.15) is 31.0 Å². The topological polar surface area (TPSA) is 56.8 Å². The molecule has 0 saturated carbocycles. The molecule has 0 fully saturated rings. The second-order valence-corrected chi connectivity index (χ2v) is 6.33. The third-order valence-electron chi connectivity index (χ3n) is 4.00. The van der Waals surface area contributed by atoms with Gasteiger partial charge < -0.3 is 19.5 Å². The molecular weight excluding hydrogens is 385 g/mol. The minimum atomic E-state index is -0.479. The summed E-state index contributed by atoms with van der Waals surface area (Å²) in [5.74, 6) is 0.295. The quantitative estimate of drug-likeness (QED) is 0.639. The smallest absolute Gasteiger partial charge is 0.244 e. The minimum Gasteiger partial charge on any atom is -0.494 e. The Hall–Kier alpha value is -2.73. The first-order chi connectivity index (χ1) is 13.4. The first-order valence-corrected chi connectivity index (χ1v) is 9.09. The zero-order chi connectivity index (χ0) is 20.7. The second kappa shape index (κ2) is 9.99. The summed E-state index contributed by atoms with van der Waals surface area (Å²) in [6, 6.07) is 7.59. The fourth-order valence-corrected chi connectivity index (χ4v) is 2.86. The van der Waals surface area contributed by atoms with Crippen molar-refractivity contribution in [3.8, 4) is 17.2 Å². The highest BCUT2D eigenvalue weighted by Crippen LogP contribution is 2.36. The van der Waals surface area contributed by atoms with E-state index in [1.165, 1.54) is 32.4 Å². The summed E-state index contributed by atoms with van der Waals surface area (Å²) in [5.41, 5.74) is 1.31.